The van der Waals surface area contributed by atoms with Gasteiger partial charge >= 0.3 is 0 Å². The van der Waals surface area contributed by atoms with Gasteiger partial charge in [-0.25, -0.2) is 0 Å². The van der Waals surface area contributed by atoms with Crippen LogP contribution in [0.1, 0.15) is 24.5 Å². The lowest BCUT2D eigenvalue weighted by Crippen LogP contribution is -2.57. The Hall–Kier alpha value is -2.04. The van der Waals surface area contributed by atoms with Crippen LogP contribution in [0.25, 0.3) is 0 Å². The van der Waals surface area contributed by atoms with Gasteiger partial charge < -0.3 is 14.5 Å². The third kappa shape index (κ3) is 3.05. The summed E-state index contributed by atoms with van der Waals surface area (Å²) in [6.07, 6.45) is 0.407. The molecule has 5 nitrogen and oxygen atoms in total. The Labute approximate surface area is 137 Å². The molecule has 3 rings (SSSR count). The summed E-state index contributed by atoms with van der Waals surface area (Å²) in [6, 6.07) is 6.09. The molecule has 0 radical (unpaired) electrons. The van der Waals surface area contributed by atoms with Gasteiger partial charge in [0.25, 0.3) is 0 Å². The van der Waals surface area contributed by atoms with Gasteiger partial charge in [-0.15, -0.1) is 0 Å². The number of para-hydroxylation sites is 1. The molecule has 23 heavy (non-hydrogen) atoms. The number of carbonyl (C=O) groups excluding carboxylic acids is 2. The van der Waals surface area contributed by atoms with Crippen LogP contribution in [0, 0.1) is 19.8 Å². The molecule has 0 aliphatic carbocycles. The van der Waals surface area contributed by atoms with Crippen LogP contribution in [0.2, 0.25) is 0 Å². The van der Waals surface area contributed by atoms with E-state index in [4.69, 9.17) is 4.74 Å². The van der Waals surface area contributed by atoms with E-state index in [-0.39, 0.29) is 23.8 Å². The molecule has 0 aromatic heterocycles. The second kappa shape index (κ2) is 6.22. The lowest BCUT2D eigenvalue weighted by Gasteiger charge is -2.40. The Balaban J connectivity index is 1.53. The van der Waals surface area contributed by atoms with E-state index in [9.17, 15) is 9.59 Å². The molecular weight excluding hydrogens is 292 g/mol. The highest BCUT2D eigenvalue weighted by Crippen LogP contribution is 2.28. The summed E-state index contributed by atoms with van der Waals surface area (Å²) >= 11 is 0. The van der Waals surface area contributed by atoms with Crippen LogP contribution in [0.5, 0.6) is 5.75 Å². The van der Waals surface area contributed by atoms with Crippen molar-refractivity contribution in [2.45, 2.75) is 33.3 Å². The number of likely N-dealkylation sites (tertiary alicyclic amines) is 2. The van der Waals surface area contributed by atoms with E-state index in [2.05, 4.69) is 0 Å². The number of rotatable bonds is 4. The molecule has 1 aromatic carbocycles. The van der Waals surface area contributed by atoms with Gasteiger partial charge in [0.15, 0.2) is 0 Å². The van der Waals surface area contributed by atoms with Crippen molar-refractivity contribution in [3.05, 3.63) is 29.3 Å². The number of amides is 2. The highest BCUT2D eigenvalue weighted by atomic mass is 16.5. The average molecular weight is 316 g/mol. The predicted molar refractivity (Wildman–Crippen MR) is 87.3 cm³/mol. The van der Waals surface area contributed by atoms with Crippen molar-refractivity contribution in [1.82, 2.24) is 9.80 Å². The molecule has 2 saturated heterocycles. The number of ether oxygens (including phenoxy) is 1. The van der Waals surface area contributed by atoms with Crippen LogP contribution in [0.3, 0.4) is 0 Å². The molecule has 1 aromatic rings. The van der Waals surface area contributed by atoms with Crippen LogP contribution in [-0.2, 0) is 9.59 Å². The van der Waals surface area contributed by atoms with Crippen molar-refractivity contribution < 1.29 is 14.3 Å². The van der Waals surface area contributed by atoms with E-state index in [1.165, 1.54) is 0 Å². The van der Waals surface area contributed by atoms with Gasteiger partial charge in [0, 0.05) is 19.5 Å². The zero-order valence-electron chi connectivity index (χ0n) is 14.0. The fraction of sp³-hybridized carbons (Fsp3) is 0.556. The van der Waals surface area contributed by atoms with Crippen LogP contribution >= 0.6 is 0 Å². The average Bonchev–Trinajstić information content (AvgIpc) is 2.85. The van der Waals surface area contributed by atoms with E-state index >= 15 is 0 Å². The molecule has 5 heteroatoms. The number of hydrogen-bond acceptors (Lipinski definition) is 3. The minimum Gasteiger partial charge on any atom is -0.486 e. The fourth-order valence-corrected chi connectivity index (χ4v) is 3.35. The summed E-state index contributed by atoms with van der Waals surface area (Å²) < 4.78 is 6.05. The maximum Gasteiger partial charge on any atom is 0.228 e. The maximum atomic E-state index is 12.5. The summed E-state index contributed by atoms with van der Waals surface area (Å²) in [5.74, 6) is 0.937. The number of carbonyl (C=O) groups is 2. The monoisotopic (exact) mass is 316 g/mol. The summed E-state index contributed by atoms with van der Waals surface area (Å²) in [4.78, 5) is 27.8. The third-order valence-corrected chi connectivity index (χ3v) is 4.80. The van der Waals surface area contributed by atoms with E-state index in [1.807, 2.05) is 43.9 Å². The number of nitrogens with zero attached hydrogens (tertiary/aromatic N) is 2. The summed E-state index contributed by atoms with van der Waals surface area (Å²) in [5.41, 5.74) is 2.24. The van der Waals surface area contributed by atoms with Crippen molar-refractivity contribution in [1.29, 1.82) is 0 Å². The van der Waals surface area contributed by atoms with Gasteiger partial charge in [0.05, 0.1) is 19.0 Å². The van der Waals surface area contributed by atoms with Gasteiger partial charge in [-0.05, 0) is 31.9 Å². The van der Waals surface area contributed by atoms with Crippen LogP contribution in [0.15, 0.2) is 18.2 Å². The van der Waals surface area contributed by atoms with Gasteiger partial charge in [-0.3, -0.25) is 9.59 Å². The number of hydrogen-bond donors (Lipinski definition) is 0. The second-order valence-corrected chi connectivity index (χ2v) is 6.54. The van der Waals surface area contributed by atoms with Gasteiger partial charge in [-0.2, -0.15) is 0 Å². The Kier molecular flexibility index (Phi) is 4.28. The van der Waals surface area contributed by atoms with E-state index < -0.39 is 0 Å². The van der Waals surface area contributed by atoms with Crippen LogP contribution < -0.4 is 4.74 Å². The molecule has 2 aliphatic heterocycles. The lowest BCUT2D eigenvalue weighted by molar-refractivity contribution is -0.144. The highest BCUT2D eigenvalue weighted by Gasteiger charge is 2.40. The zero-order chi connectivity index (χ0) is 16.6. The molecule has 2 heterocycles. The molecule has 2 amide bonds. The molecule has 0 bridgehead atoms. The van der Waals surface area contributed by atoms with Crippen molar-refractivity contribution in [3.8, 4) is 5.75 Å². The smallest absolute Gasteiger partial charge is 0.228 e. The maximum absolute atomic E-state index is 12.5. The van der Waals surface area contributed by atoms with Crippen LogP contribution in [0.4, 0.5) is 0 Å². The zero-order valence-corrected chi connectivity index (χ0v) is 14.0. The third-order valence-electron chi connectivity index (χ3n) is 4.80. The topological polar surface area (TPSA) is 49.9 Å². The molecule has 2 fully saturated rings. The summed E-state index contributed by atoms with van der Waals surface area (Å²) in [5, 5.41) is 0. The standard InChI is InChI=1S/C18H24N2O3/c1-4-19-9-14(8-16(19)21)18(22)20-10-15(11-20)23-17-12(2)6-5-7-13(17)3/h5-7,14-15H,4,8-11H2,1-3H3. The number of benzene rings is 1. The first-order chi connectivity index (χ1) is 11.0. The van der Waals surface area contributed by atoms with Crippen molar-refractivity contribution in [2.24, 2.45) is 5.92 Å². The van der Waals surface area contributed by atoms with E-state index in [1.54, 1.807) is 4.90 Å². The molecule has 0 spiro atoms. The molecule has 0 saturated carbocycles. The Morgan fingerprint density at radius 1 is 1.22 bits per heavy atom. The first-order valence-corrected chi connectivity index (χ1v) is 8.29. The van der Waals surface area contributed by atoms with Crippen LogP contribution in [-0.4, -0.2) is 53.9 Å². The molecule has 2 aliphatic rings. The summed E-state index contributed by atoms with van der Waals surface area (Å²) in [6.45, 7) is 8.49. The minimum absolute atomic E-state index is 0.0538. The Bertz CT molecular complexity index is 602. The minimum atomic E-state index is -0.177. The normalized spacial score (nSPS) is 21.5. The largest absolute Gasteiger partial charge is 0.486 e. The molecular formula is C18H24N2O3. The van der Waals surface area contributed by atoms with Gasteiger partial charge in [0.1, 0.15) is 11.9 Å². The van der Waals surface area contributed by atoms with Crippen molar-refractivity contribution in [3.63, 3.8) is 0 Å². The fourth-order valence-electron chi connectivity index (χ4n) is 3.35. The predicted octanol–water partition coefficient (Wildman–Crippen LogP) is 1.76. The van der Waals surface area contributed by atoms with Gasteiger partial charge in [-0.1, -0.05) is 18.2 Å². The SMILES string of the molecule is CCN1CC(C(=O)N2CC(Oc3c(C)cccc3C)C2)CC1=O. The molecule has 124 valence electrons. The Morgan fingerprint density at radius 3 is 2.43 bits per heavy atom. The first kappa shape index (κ1) is 15.8. The molecule has 1 unspecified atom stereocenters. The molecule has 0 N–H and O–H groups in total. The van der Waals surface area contributed by atoms with Gasteiger partial charge in [0.2, 0.25) is 11.8 Å². The summed E-state index contributed by atoms with van der Waals surface area (Å²) in [7, 11) is 0. The number of aryl methyl sites for hydroxylation is 2. The van der Waals surface area contributed by atoms with E-state index in [0.717, 1.165) is 16.9 Å². The van der Waals surface area contributed by atoms with Crippen molar-refractivity contribution in [2.75, 3.05) is 26.2 Å². The first-order valence-electron chi connectivity index (χ1n) is 8.29. The Morgan fingerprint density at radius 2 is 1.87 bits per heavy atom. The molecule has 1 atom stereocenters. The van der Waals surface area contributed by atoms with Crippen molar-refractivity contribution >= 4 is 11.8 Å². The second-order valence-electron chi connectivity index (χ2n) is 6.54. The lowest BCUT2D eigenvalue weighted by atomic mass is 10.0. The van der Waals surface area contributed by atoms with E-state index in [0.29, 0.717) is 32.6 Å². The quantitative estimate of drug-likeness (QED) is 0.850. The highest BCUT2D eigenvalue weighted by molar-refractivity contribution is 5.89.